The van der Waals surface area contributed by atoms with Crippen molar-refractivity contribution in [1.82, 2.24) is 9.97 Å². The molecule has 3 rings (SSSR count). The maximum atomic E-state index is 4.66. The minimum Gasteiger partial charge on any atom is -0.370 e. The predicted octanol–water partition coefficient (Wildman–Crippen LogP) is 3.89. The fourth-order valence-electron chi connectivity index (χ4n) is 2.19. The molecule has 2 N–H and O–H groups in total. The van der Waals surface area contributed by atoms with E-state index in [0.717, 1.165) is 43.4 Å². The number of nitrogens with one attached hydrogen (secondary N) is 2. The van der Waals surface area contributed by atoms with Crippen molar-refractivity contribution in [3.05, 3.63) is 34.3 Å². The van der Waals surface area contributed by atoms with E-state index in [2.05, 4.69) is 45.0 Å². The Bertz CT molecular complexity index is 564. The zero-order chi connectivity index (χ0) is 14.5. The second-order valence-corrected chi connectivity index (χ2v) is 6.49. The van der Waals surface area contributed by atoms with Gasteiger partial charge in [-0.15, -0.1) is 11.3 Å². The van der Waals surface area contributed by atoms with E-state index in [0.29, 0.717) is 5.92 Å². The normalized spacial score (nSPS) is 14.1. The van der Waals surface area contributed by atoms with Gasteiger partial charge >= 0.3 is 0 Å². The Hall–Kier alpha value is -1.62. The molecule has 1 aliphatic carbocycles. The molecule has 1 saturated carbocycles. The lowest BCUT2D eigenvalue weighted by atomic mass is 10.3. The van der Waals surface area contributed by atoms with Gasteiger partial charge in [0, 0.05) is 30.0 Å². The molecule has 4 nitrogen and oxygen atoms in total. The van der Waals surface area contributed by atoms with Crippen molar-refractivity contribution in [2.75, 3.05) is 23.7 Å². The number of nitrogens with zero attached hydrogens (tertiary/aromatic N) is 2. The van der Waals surface area contributed by atoms with Gasteiger partial charge in [-0.25, -0.2) is 9.97 Å². The SMILES string of the molecule is CCCNc1cc(NCCc2cccs2)nc(C2CC2)n1. The summed E-state index contributed by atoms with van der Waals surface area (Å²) in [5.41, 5.74) is 0. The monoisotopic (exact) mass is 302 g/mol. The van der Waals surface area contributed by atoms with E-state index in [1.165, 1.54) is 17.7 Å². The molecule has 112 valence electrons. The summed E-state index contributed by atoms with van der Waals surface area (Å²) in [4.78, 5) is 10.7. The zero-order valence-electron chi connectivity index (χ0n) is 12.4. The molecule has 0 saturated heterocycles. The maximum absolute atomic E-state index is 4.66. The summed E-state index contributed by atoms with van der Waals surface area (Å²) < 4.78 is 0. The lowest BCUT2D eigenvalue weighted by molar-refractivity contribution is 0.902. The van der Waals surface area contributed by atoms with E-state index >= 15 is 0 Å². The fourth-order valence-corrected chi connectivity index (χ4v) is 2.90. The van der Waals surface area contributed by atoms with Crippen LogP contribution in [0.1, 0.15) is 42.8 Å². The third-order valence-corrected chi connectivity index (χ3v) is 4.44. The smallest absolute Gasteiger partial charge is 0.136 e. The molecule has 0 unspecified atom stereocenters. The molecular formula is C16H22N4S. The Labute approximate surface area is 130 Å². The van der Waals surface area contributed by atoms with Crippen LogP contribution in [0, 0.1) is 0 Å². The van der Waals surface area contributed by atoms with E-state index in [-0.39, 0.29) is 0 Å². The van der Waals surface area contributed by atoms with Crippen molar-refractivity contribution in [3.63, 3.8) is 0 Å². The Morgan fingerprint density at radius 1 is 1.19 bits per heavy atom. The molecule has 0 atom stereocenters. The molecule has 0 amide bonds. The summed E-state index contributed by atoms with van der Waals surface area (Å²) in [6.45, 7) is 4.03. The van der Waals surface area contributed by atoms with Crippen molar-refractivity contribution < 1.29 is 0 Å². The van der Waals surface area contributed by atoms with Crippen LogP contribution in [0.4, 0.5) is 11.6 Å². The van der Waals surface area contributed by atoms with Gasteiger partial charge in [-0.05, 0) is 37.1 Å². The van der Waals surface area contributed by atoms with Crippen LogP contribution in [-0.4, -0.2) is 23.1 Å². The van der Waals surface area contributed by atoms with Gasteiger partial charge in [-0.3, -0.25) is 0 Å². The summed E-state index contributed by atoms with van der Waals surface area (Å²) in [5.74, 6) is 3.47. The number of hydrogen-bond acceptors (Lipinski definition) is 5. The van der Waals surface area contributed by atoms with Crippen molar-refractivity contribution in [1.29, 1.82) is 0 Å². The Balaban J connectivity index is 1.63. The molecule has 0 radical (unpaired) electrons. The van der Waals surface area contributed by atoms with Crippen molar-refractivity contribution in [2.24, 2.45) is 0 Å². The first-order valence-corrected chi connectivity index (χ1v) is 8.62. The lowest BCUT2D eigenvalue weighted by Gasteiger charge is -2.10. The summed E-state index contributed by atoms with van der Waals surface area (Å²) in [6.07, 6.45) is 4.60. The molecular weight excluding hydrogens is 280 g/mol. The molecule has 0 aliphatic heterocycles. The van der Waals surface area contributed by atoms with Gasteiger partial charge in [0.15, 0.2) is 0 Å². The van der Waals surface area contributed by atoms with Crippen molar-refractivity contribution in [2.45, 2.75) is 38.5 Å². The van der Waals surface area contributed by atoms with E-state index in [9.17, 15) is 0 Å². The van der Waals surface area contributed by atoms with Gasteiger partial charge in [0.05, 0.1) is 0 Å². The first-order chi connectivity index (χ1) is 10.3. The fraction of sp³-hybridized carbons (Fsp3) is 0.500. The number of aromatic nitrogens is 2. The molecule has 1 fully saturated rings. The van der Waals surface area contributed by atoms with Crippen LogP contribution >= 0.6 is 11.3 Å². The van der Waals surface area contributed by atoms with E-state index in [1.807, 2.05) is 6.07 Å². The summed E-state index contributed by atoms with van der Waals surface area (Å²) in [5, 5.41) is 8.93. The van der Waals surface area contributed by atoms with E-state index < -0.39 is 0 Å². The molecule has 0 spiro atoms. The highest BCUT2D eigenvalue weighted by atomic mass is 32.1. The van der Waals surface area contributed by atoms with Crippen LogP contribution < -0.4 is 10.6 Å². The third-order valence-electron chi connectivity index (χ3n) is 3.50. The molecule has 21 heavy (non-hydrogen) atoms. The number of hydrogen-bond donors (Lipinski definition) is 2. The topological polar surface area (TPSA) is 49.8 Å². The highest BCUT2D eigenvalue weighted by Crippen LogP contribution is 2.38. The van der Waals surface area contributed by atoms with Gasteiger partial charge in [-0.2, -0.15) is 0 Å². The van der Waals surface area contributed by atoms with Crippen LogP contribution in [0.5, 0.6) is 0 Å². The first kappa shape index (κ1) is 14.3. The summed E-state index contributed by atoms with van der Waals surface area (Å²) in [6, 6.07) is 6.30. The van der Waals surface area contributed by atoms with Gasteiger partial charge in [0.2, 0.25) is 0 Å². The second kappa shape index (κ2) is 6.89. The van der Waals surface area contributed by atoms with Gasteiger partial charge in [0.1, 0.15) is 17.5 Å². The van der Waals surface area contributed by atoms with Gasteiger partial charge < -0.3 is 10.6 Å². The van der Waals surface area contributed by atoms with Gasteiger partial charge in [-0.1, -0.05) is 13.0 Å². The van der Waals surface area contributed by atoms with Crippen LogP contribution in [0.3, 0.4) is 0 Å². The Kier molecular flexibility index (Phi) is 4.70. The molecule has 2 aromatic heterocycles. The molecule has 2 heterocycles. The van der Waals surface area contributed by atoms with E-state index in [1.54, 1.807) is 11.3 Å². The van der Waals surface area contributed by atoms with Crippen molar-refractivity contribution in [3.8, 4) is 0 Å². The average Bonchev–Trinajstić information content (AvgIpc) is 3.23. The Morgan fingerprint density at radius 2 is 1.95 bits per heavy atom. The standard InChI is InChI=1S/C16H22N4S/c1-2-8-17-14-11-15(20-16(19-14)12-5-6-12)18-9-7-13-4-3-10-21-13/h3-4,10-12H,2,5-9H2,1H3,(H2,17,18,19,20). The number of rotatable bonds is 8. The molecule has 1 aliphatic rings. The third kappa shape index (κ3) is 4.17. The highest BCUT2D eigenvalue weighted by molar-refractivity contribution is 7.09. The zero-order valence-corrected chi connectivity index (χ0v) is 13.2. The summed E-state index contributed by atoms with van der Waals surface area (Å²) >= 11 is 1.81. The molecule has 2 aromatic rings. The van der Waals surface area contributed by atoms with Gasteiger partial charge in [0.25, 0.3) is 0 Å². The van der Waals surface area contributed by atoms with Crippen molar-refractivity contribution >= 4 is 23.0 Å². The molecule has 0 bridgehead atoms. The first-order valence-electron chi connectivity index (χ1n) is 7.74. The second-order valence-electron chi connectivity index (χ2n) is 5.45. The Morgan fingerprint density at radius 3 is 2.57 bits per heavy atom. The average molecular weight is 302 g/mol. The minimum atomic E-state index is 0.575. The minimum absolute atomic E-state index is 0.575. The van der Waals surface area contributed by atoms with Crippen LogP contribution in [0.15, 0.2) is 23.6 Å². The largest absolute Gasteiger partial charge is 0.370 e. The van der Waals surface area contributed by atoms with Crippen LogP contribution in [0.2, 0.25) is 0 Å². The predicted molar refractivity (Wildman–Crippen MR) is 89.3 cm³/mol. The lowest BCUT2D eigenvalue weighted by Crippen LogP contribution is -2.10. The highest BCUT2D eigenvalue weighted by Gasteiger charge is 2.27. The van der Waals surface area contributed by atoms with E-state index in [4.69, 9.17) is 0 Å². The maximum Gasteiger partial charge on any atom is 0.136 e. The quantitative estimate of drug-likeness (QED) is 0.776. The van der Waals surface area contributed by atoms with Crippen LogP contribution in [-0.2, 0) is 6.42 Å². The number of thiophene rings is 1. The number of anilines is 2. The molecule has 5 heteroatoms. The summed E-state index contributed by atoms with van der Waals surface area (Å²) in [7, 11) is 0. The molecule has 0 aromatic carbocycles. The van der Waals surface area contributed by atoms with Crippen LogP contribution in [0.25, 0.3) is 0 Å².